The third kappa shape index (κ3) is 12.9. The van der Waals surface area contributed by atoms with E-state index in [1.807, 2.05) is 48.5 Å². The van der Waals surface area contributed by atoms with E-state index in [1.54, 1.807) is 0 Å². The fraction of sp³-hybridized carbons (Fsp3) is 0.333. The Kier molecular flexibility index (Phi) is 15.2. The van der Waals surface area contributed by atoms with E-state index in [9.17, 15) is 29.1 Å². The summed E-state index contributed by atoms with van der Waals surface area (Å²) < 4.78 is 5.38. The van der Waals surface area contributed by atoms with Crippen molar-refractivity contribution in [1.29, 1.82) is 0 Å². The first-order chi connectivity index (χ1) is 20.3. The van der Waals surface area contributed by atoms with Crippen LogP contribution < -0.4 is 28.3 Å². The predicted molar refractivity (Wildman–Crippen MR) is 154 cm³/mol. The summed E-state index contributed by atoms with van der Waals surface area (Å²) in [5.74, 6) is -4.74. The van der Waals surface area contributed by atoms with Crippen LogP contribution in [0, 0.1) is 0 Å². The van der Waals surface area contributed by atoms with Crippen LogP contribution in [0.1, 0.15) is 36.3 Å². The number of ether oxygens (including phenoxy) is 1. The zero-order valence-electron chi connectivity index (χ0n) is 23.1. The number of carbonyl (C=O) groups excluding carboxylic acids is 1. The molecule has 0 aliphatic heterocycles. The molecule has 0 spiro atoms. The van der Waals surface area contributed by atoms with Crippen molar-refractivity contribution in [2.24, 2.45) is 27.9 Å². The van der Waals surface area contributed by atoms with Gasteiger partial charge in [0.25, 0.3) is 0 Å². The summed E-state index contributed by atoms with van der Waals surface area (Å²) >= 11 is 0. The van der Waals surface area contributed by atoms with Crippen molar-refractivity contribution in [3.8, 4) is 11.1 Å². The zero-order chi connectivity index (χ0) is 32.5. The maximum atomic E-state index is 12.2. The smallest absolute Gasteiger partial charge is 0.407 e. The second kappa shape index (κ2) is 18.3. The molecular formula is C27H36N6O10. The van der Waals surface area contributed by atoms with Crippen molar-refractivity contribution in [2.75, 3.05) is 19.7 Å². The van der Waals surface area contributed by atoms with Gasteiger partial charge in [0, 0.05) is 12.5 Å². The Bertz CT molecular complexity index is 1250. The number of nitrogens with zero attached hydrogens (tertiary/aromatic N) is 1. The first-order valence-electron chi connectivity index (χ1n) is 12.8. The van der Waals surface area contributed by atoms with Gasteiger partial charge in [-0.25, -0.2) is 9.59 Å². The minimum atomic E-state index is -1.29. The summed E-state index contributed by atoms with van der Waals surface area (Å²) in [5, 5.41) is 35.3. The molecule has 0 fully saturated rings. The Morgan fingerprint density at radius 3 is 1.77 bits per heavy atom. The molecular weight excluding hydrogens is 568 g/mol. The highest BCUT2D eigenvalue weighted by Gasteiger charge is 2.29. The highest BCUT2D eigenvalue weighted by molar-refractivity contribution is 5.81. The van der Waals surface area contributed by atoms with Gasteiger partial charge < -0.3 is 53.4 Å². The first kappa shape index (κ1) is 35.8. The molecule has 16 nitrogen and oxygen atoms in total. The van der Waals surface area contributed by atoms with E-state index in [-0.39, 0.29) is 31.4 Å². The Morgan fingerprint density at radius 1 is 0.860 bits per heavy atom. The minimum absolute atomic E-state index is 0.0543. The molecule has 0 saturated heterocycles. The molecule has 2 atom stereocenters. The summed E-state index contributed by atoms with van der Waals surface area (Å²) in [6.45, 7) is 0.138. The van der Waals surface area contributed by atoms with Crippen LogP contribution in [0.15, 0.2) is 53.5 Å². The Hall–Kier alpha value is -5.22. The number of carbonyl (C=O) groups is 5. The van der Waals surface area contributed by atoms with E-state index >= 15 is 0 Å². The molecule has 1 aliphatic rings. The van der Waals surface area contributed by atoms with Gasteiger partial charge in [0.15, 0.2) is 5.96 Å². The largest absolute Gasteiger partial charge is 0.481 e. The number of aliphatic imine (C=N–C) groups is 1. The summed E-state index contributed by atoms with van der Waals surface area (Å²) in [4.78, 5) is 56.3. The van der Waals surface area contributed by atoms with Crippen LogP contribution in [0.2, 0.25) is 0 Å². The van der Waals surface area contributed by atoms with Gasteiger partial charge in [-0.05, 0) is 35.1 Å². The molecule has 0 radical (unpaired) electrons. The molecule has 13 N–H and O–H groups in total. The number of fused-ring (bicyclic) bond motifs is 3. The number of hydrogen-bond acceptors (Lipinski definition) is 9. The number of alkyl carbamates (subject to hydrolysis) is 1. The van der Waals surface area contributed by atoms with Crippen molar-refractivity contribution in [3.05, 3.63) is 59.7 Å². The monoisotopic (exact) mass is 604 g/mol. The van der Waals surface area contributed by atoms with Gasteiger partial charge in [-0.1, -0.05) is 48.5 Å². The summed E-state index contributed by atoms with van der Waals surface area (Å²) in [7, 11) is 0. The van der Waals surface area contributed by atoms with Crippen LogP contribution in [0.25, 0.3) is 11.1 Å². The van der Waals surface area contributed by atoms with Gasteiger partial charge in [0.2, 0.25) is 0 Å². The van der Waals surface area contributed by atoms with Crippen molar-refractivity contribution in [2.45, 2.75) is 37.3 Å². The number of rotatable bonds is 12. The third-order valence-electron chi connectivity index (χ3n) is 5.77. The number of nitrogens with one attached hydrogen (secondary N) is 1. The fourth-order valence-electron chi connectivity index (χ4n) is 3.82. The lowest BCUT2D eigenvalue weighted by atomic mass is 9.98. The SMILES string of the molecule is NC(CC(=O)O)C(=O)O.NC(N)=NCCCC(NC(=O)OCC1c2ccccc2-c2ccccc21)C(=O)O.NCC(=O)O. The van der Waals surface area contributed by atoms with Crippen molar-refractivity contribution in [3.63, 3.8) is 0 Å². The number of carboxylic acids is 4. The van der Waals surface area contributed by atoms with Gasteiger partial charge in [-0.15, -0.1) is 0 Å². The van der Waals surface area contributed by atoms with Crippen LogP contribution in [0.3, 0.4) is 0 Å². The van der Waals surface area contributed by atoms with Crippen LogP contribution in [0.5, 0.6) is 0 Å². The quantitative estimate of drug-likeness (QED) is 0.0870. The molecule has 2 aromatic rings. The van der Waals surface area contributed by atoms with E-state index in [1.165, 1.54) is 0 Å². The second-order valence-corrected chi connectivity index (χ2v) is 8.95. The highest BCUT2D eigenvalue weighted by Crippen LogP contribution is 2.44. The number of benzene rings is 2. The van der Waals surface area contributed by atoms with Crippen molar-refractivity contribution >= 4 is 35.9 Å². The normalized spacial score (nSPS) is 12.3. The van der Waals surface area contributed by atoms with Gasteiger partial charge >= 0.3 is 30.0 Å². The minimum Gasteiger partial charge on any atom is -0.481 e. The van der Waals surface area contributed by atoms with E-state index in [2.05, 4.69) is 16.0 Å². The van der Waals surface area contributed by atoms with E-state index < -0.39 is 48.5 Å². The maximum absolute atomic E-state index is 12.2. The van der Waals surface area contributed by atoms with E-state index in [4.69, 9.17) is 37.3 Å². The molecule has 2 aromatic carbocycles. The van der Waals surface area contributed by atoms with Gasteiger partial charge in [0.1, 0.15) is 18.7 Å². The van der Waals surface area contributed by atoms with Gasteiger partial charge in [0.05, 0.1) is 13.0 Å². The molecule has 3 rings (SSSR count). The molecule has 0 bridgehead atoms. The molecule has 16 heteroatoms. The average molecular weight is 605 g/mol. The topological polar surface area (TPSA) is 304 Å². The maximum Gasteiger partial charge on any atom is 0.407 e. The van der Waals surface area contributed by atoms with Gasteiger partial charge in [-0.3, -0.25) is 19.4 Å². The molecule has 0 aromatic heterocycles. The Morgan fingerprint density at radius 2 is 1.37 bits per heavy atom. The lowest BCUT2D eigenvalue weighted by Crippen LogP contribution is -2.41. The van der Waals surface area contributed by atoms with E-state index in [0.29, 0.717) is 13.0 Å². The van der Waals surface area contributed by atoms with Crippen LogP contribution >= 0.6 is 0 Å². The fourth-order valence-corrected chi connectivity index (χ4v) is 3.82. The molecule has 0 saturated carbocycles. The Balaban J connectivity index is 0.000000549. The molecule has 2 unspecified atom stereocenters. The van der Waals surface area contributed by atoms with Crippen LogP contribution in [-0.4, -0.2) is 88.1 Å². The van der Waals surface area contributed by atoms with E-state index in [0.717, 1.165) is 22.3 Å². The zero-order valence-corrected chi connectivity index (χ0v) is 23.1. The number of nitrogens with two attached hydrogens (primary N) is 4. The summed E-state index contributed by atoms with van der Waals surface area (Å²) in [5.41, 5.74) is 24.3. The summed E-state index contributed by atoms with van der Waals surface area (Å²) in [6.07, 6.45) is -0.689. The van der Waals surface area contributed by atoms with Gasteiger partial charge in [-0.2, -0.15) is 0 Å². The second-order valence-electron chi connectivity index (χ2n) is 8.95. The molecule has 1 aliphatic carbocycles. The first-order valence-corrected chi connectivity index (χ1v) is 12.8. The number of guanidine groups is 1. The third-order valence-corrected chi connectivity index (χ3v) is 5.77. The number of carboxylic acid groups (broad SMARTS) is 4. The average Bonchev–Trinajstić information content (AvgIpc) is 3.27. The number of hydrogen-bond donors (Lipinski definition) is 9. The molecule has 43 heavy (non-hydrogen) atoms. The lowest BCUT2D eigenvalue weighted by molar-refractivity contribution is -0.144. The molecule has 1 amide bonds. The highest BCUT2D eigenvalue weighted by atomic mass is 16.5. The molecule has 0 heterocycles. The number of aliphatic carboxylic acids is 4. The van der Waals surface area contributed by atoms with Crippen molar-refractivity contribution in [1.82, 2.24) is 5.32 Å². The Labute approximate surface area is 246 Å². The van der Waals surface area contributed by atoms with Crippen LogP contribution in [-0.2, 0) is 23.9 Å². The lowest BCUT2D eigenvalue weighted by Gasteiger charge is -2.17. The van der Waals surface area contributed by atoms with Crippen molar-refractivity contribution < 1.29 is 49.1 Å². The number of amides is 1. The predicted octanol–water partition coefficient (Wildman–Crippen LogP) is -0.0654. The standard InChI is InChI=1S/C21H24N4O4.C4H7NO4.C2H5NO2/c22-20(23)24-11-5-10-18(19(26)27)25-21(28)29-12-17-15-8-3-1-6-13(15)14-7-2-4-9-16(14)17;5-2(4(8)9)1-3(6)7;3-1-2(4)5/h1-4,6-9,17-18H,5,10-12H2,(H,25,28)(H,26,27)(H4,22,23,24);2H,1,5H2,(H,6,7)(H,8,9);1,3H2,(H,4,5). The van der Waals surface area contributed by atoms with Crippen LogP contribution in [0.4, 0.5) is 4.79 Å². The summed E-state index contributed by atoms with van der Waals surface area (Å²) in [6, 6.07) is 13.6. The molecule has 234 valence electrons.